The lowest BCUT2D eigenvalue weighted by atomic mass is 10.2. The van der Waals surface area contributed by atoms with E-state index in [1.54, 1.807) is 20.8 Å². The van der Waals surface area contributed by atoms with Crippen LogP contribution in [0.25, 0.3) is 0 Å². The number of halogens is 4. The molecule has 1 amide bonds. The van der Waals surface area contributed by atoms with Crippen molar-refractivity contribution in [1.29, 1.82) is 0 Å². The van der Waals surface area contributed by atoms with E-state index in [0.29, 0.717) is 0 Å². The van der Waals surface area contributed by atoms with Crippen molar-refractivity contribution >= 4 is 27.8 Å². The van der Waals surface area contributed by atoms with Crippen LogP contribution in [-0.2, 0) is 10.9 Å². The molecule has 1 aromatic heterocycles. The minimum atomic E-state index is -4.49. The van der Waals surface area contributed by atoms with Gasteiger partial charge in [0, 0.05) is 36.8 Å². The van der Waals surface area contributed by atoms with Crippen LogP contribution in [0.3, 0.4) is 0 Å². The average Bonchev–Trinajstić information content (AvgIpc) is 2.44. The van der Waals surface area contributed by atoms with Crippen LogP contribution in [-0.4, -0.2) is 47.8 Å². The first-order chi connectivity index (χ1) is 11.0. The minimum absolute atomic E-state index is 0.116. The van der Waals surface area contributed by atoms with Crippen LogP contribution in [0.4, 0.5) is 23.8 Å². The topological polar surface area (TPSA) is 45.7 Å². The summed E-state index contributed by atoms with van der Waals surface area (Å²) < 4.78 is 45.2. The van der Waals surface area contributed by atoms with Gasteiger partial charge in [-0.15, -0.1) is 0 Å². The van der Waals surface area contributed by atoms with E-state index in [1.165, 1.54) is 16.0 Å². The molecule has 5 nitrogen and oxygen atoms in total. The quantitative estimate of drug-likeness (QED) is 0.704. The maximum atomic E-state index is 13.2. The molecular weight excluding hydrogens is 391 g/mol. The molecule has 24 heavy (non-hydrogen) atoms. The van der Waals surface area contributed by atoms with Crippen molar-refractivity contribution in [2.45, 2.75) is 32.5 Å². The number of amides is 1. The van der Waals surface area contributed by atoms with E-state index in [-0.39, 0.29) is 36.5 Å². The molecule has 1 aromatic rings. The van der Waals surface area contributed by atoms with Crippen molar-refractivity contribution in [1.82, 2.24) is 9.88 Å². The predicted octanol–water partition coefficient (Wildman–Crippen LogP) is 3.92. The van der Waals surface area contributed by atoms with Gasteiger partial charge in [-0.3, -0.25) is 0 Å². The maximum Gasteiger partial charge on any atom is 0.419 e. The number of nitrogens with zero attached hydrogens (tertiary/aromatic N) is 3. The summed E-state index contributed by atoms with van der Waals surface area (Å²) in [5.41, 5.74) is -1.40. The number of rotatable bonds is 1. The Morgan fingerprint density at radius 1 is 1.21 bits per heavy atom. The van der Waals surface area contributed by atoms with Gasteiger partial charge < -0.3 is 14.5 Å². The first kappa shape index (κ1) is 18.8. The number of anilines is 1. The molecule has 9 heteroatoms. The van der Waals surface area contributed by atoms with Gasteiger partial charge in [0.1, 0.15) is 11.4 Å². The van der Waals surface area contributed by atoms with Gasteiger partial charge in [0.05, 0.1) is 5.56 Å². The number of aromatic nitrogens is 1. The van der Waals surface area contributed by atoms with Gasteiger partial charge in [-0.05, 0) is 42.8 Å². The van der Waals surface area contributed by atoms with Gasteiger partial charge in [0.15, 0.2) is 0 Å². The van der Waals surface area contributed by atoms with Crippen molar-refractivity contribution in [3.63, 3.8) is 0 Å². The first-order valence-corrected chi connectivity index (χ1v) is 8.22. The Kier molecular flexibility index (Phi) is 5.31. The Labute approximate surface area is 146 Å². The van der Waals surface area contributed by atoms with Crippen molar-refractivity contribution in [3.05, 3.63) is 22.3 Å². The Hall–Kier alpha value is -1.51. The molecular formula is C15H19BrF3N3O2. The van der Waals surface area contributed by atoms with E-state index in [2.05, 4.69) is 20.9 Å². The second kappa shape index (κ2) is 6.78. The summed E-state index contributed by atoms with van der Waals surface area (Å²) in [7, 11) is 0. The monoisotopic (exact) mass is 409 g/mol. The summed E-state index contributed by atoms with van der Waals surface area (Å²) in [5.74, 6) is -0.116. The van der Waals surface area contributed by atoms with Crippen LogP contribution in [0.5, 0.6) is 0 Å². The Balaban J connectivity index is 2.09. The Morgan fingerprint density at radius 2 is 1.79 bits per heavy atom. The molecule has 2 heterocycles. The van der Waals surface area contributed by atoms with Crippen LogP contribution < -0.4 is 4.90 Å². The highest BCUT2D eigenvalue weighted by molar-refractivity contribution is 9.10. The highest BCUT2D eigenvalue weighted by Gasteiger charge is 2.37. The van der Waals surface area contributed by atoms with Gasteiger partial charge in [0.2, 0.25) is 0 Å². The van der Waals surface area contributed by atoms with Crippen LogP contribution in [0.15, 0.2) is 16.7 Å². The lowest BCUT2D eigenvalue weighted by molar-refractivity contribution is -0.137. The summed E-state index contributed by atoms with van der Waals surface area (Å²) in [5, 5.41) is 0. The van der Waals surface area contributed by atoms with Crippen molar-refractivity contribution < 1.29 is 22.7 Å². The number of hydrogen-bond donors (Lipinski definition) is 0. The second-order valence-corrected chi connectivity index (χ2v) is 7.39. The van der Waals surface area contributed by atoms with E-state index < -0.39 is 23.4 Å². The zero-order valence-electron chi connectivity index (χ0n) is 13.7. The normalized spacial score (nSPS) is 16.3. The molecule has 0 aromatic carbocycles. The summed E-state index contributed by atoms with van der Waals surface area (Å²) in [6, 6.07) is 1.02. The molecule has 0 unspecified atom stereocenters. The van der Waals surface area contributed by atoms with E-state index in [1.807, 2.05) is 0 Å². The van der Waals surface area contributed by atoms with E-state index in [0.717, 1.165) is 6.07 Å². The highest BCUT2D eigenvalue weighted by Crippen LogP contribution is 2.37. The molecule has 0 aliphatic carbocycles. The lowest BCUT2D eigenvalue weighted by Crippen LogP contribution is -2.50. The summed E-state index contributed by atoms with van der Waals surface area (Å²) in [6.45, 7) is 6.38. The third kappa shape index (κ3) is 4.75. The molecule has 2 rings (SSSR count). The van der Waals surface area contributed by atoms with Crippen LogP contribution >= 0.6 is 15.9 Å². The molecule has 0 saturated carbocycles. The summed E-state index contributed by atoms with van der Waals surface area (Å²) >= 11 is 3.02. The average molecular weight is 410 g/mol. The standard InChI is InChI=1S/C15H19BrF3N3O2/c1-14(2,3)24-13(23)22-6-4-21(5-7-22)12-11(15(17,18)19)8-10(16)9-20-12/h8-9H,4-7H2,1-3H3. The van der Waals surface area contributed by atoms with Crippen LogP contribution in [0, 0.1) is 0 Å². The second-order valence-electron chi connectivity index (χ2n) is 6.48. The van der Waals surface area contributed by atoms with E-state index in [9.17, 15) is 18.0 Å². The summed E-state index contributed by atoms with van der Waals surface area (Å²) in [4.78, 5) is 19.0. The molecule has 0 spiro atoms. The third-order valence-corrected chi connectivity index (χ3v) is 3.80. The number of piperazine rings is 1. The number of pyridine rings is 1. The molecule has 0 bridgehead atoms. The van der Waals surface area contributed by atoms with Crippen LogP contribution in [0.1, 0.15) is 26.3 Å². The number of alkyl halides is 3. The van der Waals surface area contributed by atoms with Gasteiger partial charge >= 0.3 is 12.3 Å². The smallest absolute Gasteiger partial charge is 0.419 e. The lowest BCUT2D eigenvalue weighted by Gasteiger charge is -2.36. The zero-order chi connectivity index (χ0) is 18.1. The zero-order valence-corrected chi connectivity index (χ0v) is 15.2. The number of ether oxygens (including phenoxy) is 1. The molecule has 0 N–H and O–H groups in total. The van der Waals surface area contributed by atoms with Gasteiger partial charge in [-0.1, -0.05) is 0 Å². The number of carbonyl (C=O) groups is 1. The van der Waals surface area contributed by atoms with Crippen molar-refractivity contribution in [3.8, 4) is 0 Å². The van der Waals surface area contributed by atoms with Gasteiger partial charge in [0.25, 0.3) is 0 Å². The molecule has 1 saturated heterocycles. The third-order valence-electron chi connectivity index (χ3n) is 3.37. The largest absolute Gasteiger partial charge is 0.444 e. The maximum absolute atomic E-state index is 13.2. The predicted molar refractivity (Wildman–Crippen MR) is 87.0 cm³/mol. The van der Waals surface area contributed by atoms with E-state index >= 15 is 0 Å². The molecule has 1 aliphatic heterocycles. The van der Waals surface area contributed by atoms with Gasteiger partial charge in [-0.25, -0.2) is 9.78 Å². The fourth-order valence-electron chi connectivity index (χ4n) is 2.32. The van der Waals surface area contributed by atoms with E-state index in [4.69, 9.17) is 4.74 Å². The fraction of sp³-hybridized carbons (Fsp3) is 0.600. The summed E-state index contributed by atoms with van der Waals surface area (Å²) in [6.07, 6.45) is -3.61. The van der Waals surface area contributed by atoms with Crippen LogP contribution in [0.2, 0.25) is 0 Å². The molecule has 1 aliphatic rings. The van der Waals surface area contributed by atoms with Crippen molar-refractivity contribution in [2.24, 2.45) is 0 Å². The molecule has 0 atom stereocenters. The minimum Gasteiger partial charge on any atom is -0.444 e. The first-order valence-electron chi connectivity index (χ1n) is 7.43. The van der Waals surface area contributed by atoms with Crippen molar-refractivity contribution in [2.75, 3.05) is 31.1 Å². The molecule has 134 valence electrons. The molecule has 0 radical (unpaired) electrons. The molecule has 1 fully saturated rings. The number of carbonyl (C=O) groups excluding carboxylic acids is 1. The number of hydrogen-bond acceptors (Lipinski definition) is 4. The fourth-order valence-corrected chi connectivity index (χ4v) is 2.65. The Morgan fingerprint density at radius 3 is 2.29 bits per heavy atom. The highest BCUT2D eigenvalue weighted by atomic mass is 79.9. The SMILES string of the molecule is CC(C)(C)OC(=O)N1CCN(c2ncc(Br)cc2C(F)(F)F)CC1. The van der Waals surface area contributed by atoms with Gasteiger partial charge in [-0.2, -0.15) is 13.2 Å². The Bertz CT molecular complexity index is 609.